The van der Waals surface area contributed by atoms with Gasteiger partial charge in [-0.2, -0.15) is 9.61 Å². The van der Waals surface area contributed by atoms with E-state index in [1.54, 1.807) is 12.1 Å². The second kappa shape index (κ2) is 9.28. The summed E-state index contributed by atoms with van der Waals surface area (Å²) in [5, 5.41) is 6.11. The molecule has 1 saturated carbocycles. The zero-order valence-electron chi connectivity index (χ0n) is 15.7. The first-order valence-electron chi connectivity index (χ1n) is 9.52. The van der Waals surface area contributed by atoms with Crippen molar-refractivity contribution in [1.82, 2.24) is 14.6 Å². The van der Waals surface area contributed by atoms with Crippen molar-refractivity contribution in [3.63, 3.8) is 0 Å². The molecule has 0 N–H and O–H groups in total. The largest absolute Gasteiger partial charge is 0.459 e. The van der Waals surface area contributed by atoms with Crippen LogP contribution in [0.25, 0.3) is 4.96 Å². The number of halogens is 1. The fourth-order valence-corrected chi connectivity index (χ4v) is 5.24. The number of rotatable bonds is 6. The smallest absolute Gasteiger partial charge is 0.316 e. The molecule has 0 amide bonds. The summed E-state index contributed by atoms with van der Waals surface area (Å²) in [6.45, 7) is -0.0254. The second-order valence-electron chi connectivity index (χ2n) is 6.96. The molecule has 29 heavy (non-hydrogen) atoms. The van der Waals surface area contributed by atoms with Gasteiger partial charge in [0.15, 0.2) is 0 Å². The van der Waals surface area contributed by atoms with E-state index < -0.39 is 0 Å². The second-order valence-corrected chi connectivity index (χ2v) is 9.43. The predicted octanol–water partition coefficient (Wildman–Crippen LogP) is 4.69. The fourth-order valence-electron chi connectivity index (χ4n) is 3.33. The molecule has 9 heteroatoms. The van der Waals surface area contributed by atoms with Crippen molar-refractivity contribution in [3.05, 3.63) is 56.4 Å². The van der Waals surface area contributed by atoms with Crippen LogP contribution >= 0.6 is 34.7 Å². The van der Waals surface area contributed by atoms with E-state index >= 15 is 0 Å². The van der Waals surface area contributed by atoms with Crippen LogP contribution in [0.2, 0.25) is 5.02 Å². The highest BCUT2D eigenvalue weighted by molar-refractivity contribution is 8.00. The Bertz CT molecular complexity index is 1060. The average molecular weight is 450 g/mol. The Labute approximate surface area is 181 Å². The van der Waals surface area contributed by atoms with Crippen molar-refractivity contribution in [2.45, 2.75) is 49.5 Å². The number of carbonyl (C=O) groups excluding carboxylic acids is 1. The summed E-state index contributed by atoms with van der Waals surface area (Å²) in [7, 11) is 0. The molecule has 6 nitrogen and oxygen atoms in total. The lowest BCUT2D eigenvalue weighted by Gasteiger charge is -2.18. The Balaban J connectivity index is 1.38. The molecule has 1 aliphatic carbocycles. The summed E-state index contributed by atoms with van der Waals surface area (Å²) in [4.78, 5) is 30.4. The van der Waals surface area contributed by atoms with Crippen molar-refractivity contribution in [1.29, 1.82) is 0 Å². The zero-order valence-corrected chi connectivity index (χ0v) is 18.1. The molecule has 0 radical (unpaired) electrons. The SMILES string of the molecule is O=C(CSc1ccc(Cl)cc1)OCc1cc(=O)n2nc(C3CCCCC3)sc2n1. The number of nitrogens with zero attached hydrogens (tertiary/aromatic N) is 3. The van der Waals surface area contributed by atoms with E-state index in [4.69, 9.17) is 16.3 Å². The van der Waals surface area contributed by atoms with Crippen molar-refractivity contribution < 1.29 is 9.53 Å². The first-order chi connectivity index (χ1) is 14.1. The molecule has 2 heterocycles. The quantitative estimate of drug-likeness (QED) is 0.401. The lowest BCUT2D eigenvalue weighted by atomic mass is 9.90. The molecule has 152 valence electrons. The summed E-state index contributed by atoms with van der Waals surface area (Å²) in [6, 6.07) is 8.64. The highest BCUT2D eigenvalue weighted by Crippen LogP contribution is 2.34. The minimum Gasteiger partial charge on any atom is -0.459 e. The number of fused-ring (bicyclic) bond motifs is 1. The van der Waals surface area contributed by atoms with Gasteiger partial charge in [-0.3, -0.25) is 9.59 Å². The van der Waals surface area contributed by atoms with Gasteiger partial charge in [-0.1, -0.05) is 42.2 Å². The number of hydrogen-bond donors (Lipinski definition) is 0. The number of benzene rings is 1. The number of ether oxygens (including phenoxy) is 1. The summed E-state index contributed by atoms with van der Waals surface area (Å²) >= 11 is 8.68. The van der Waals surface area contributed by atoms with E-state index in [0.717, 1.165) is 22.7 Å². The van der Waals surface area contributed by atoms with Crippen LogP contribution in [-0.2, 0) is 16.1 Å². The Morgan fingerprint density at radius 1 is 1.24 bits per heavy atom. The summed E-state index contributed by atoms with van der Waals surface area (Å²) in [5.74, 6) is 0.232. The molecule has 4 rings (SSSR count). The van der Waals surface area contributed by atoms with Crippen LogP contribution in [0.15, 0.2) is 40.0 Å². The van der Waals surface area contributed by atoms with Crippen LogP contribution in [0.4, 0.5) is 0 Å². The number of esters is 1. The van der Waals surface area contributed by atoms with Gasteiger partial charge < -0.3 is 4.74 Å². The Hall–Kier alpha value is -1.90. The molecule has 0 spiro atoms. The van der Waals surface area contributed by atoms with Gasteiger partial charge in [-0.25, -0.2) is 4.98 Å². The molecule has 2 aromatic heterocycles. The predicted molar refractivity (Wildman–Crippen MR) is 115 cm³/mol. The van der Waals surface area contributed by atoms with Gasteiger partial charge in [0.25, 0.3) is 5.56 Å². The third-order valence-electron chi connectivity index (χ3n) is 4.82. The van der Waals surface area contributed by atoms with E-state index in [0.29, 0.717) is 21.6 Å². The van der Waals surface area contributed by atoms with Gasteiger partial charge in [-0.15, -0.1) is 11.8 Å². The molecule has 0 saturated heterocycles. The molecule has 0 aliphatic heterocycles. The lowest BCUT2D eigenvalue weighted by molar-refractivity contribution is -0.141. The minimum absolute atomic E-state index is 0.0254. The van der Waals surface area contributed by atoms with E-state index in [9.17, 15) is 9.59 Å². The lowest BCUT2D eigenvalue weighted by Crippen LogP contribution is -2.17. The Morgan fingerprint density at radius 3 is 2.76 bits per heavy atom. The first kappa shape index (κ1) is 20.4. The van der Waals surface area contributed by atoms with Crippen LogP contribution in [0.5, 0.6) is 0 Å². The molecule has 3 aromatic rings. The molecule has 0 bridgehead atoms. The first-order valence-corrected chi connectivity index (χ1v) is 11.7. The van der Waals surface area contributed by atoms with Crippen LogP contribution in [-0.4, -0.2) is 26.3 Å². The average Bonchev–Trinajstić information content (AvgIpc) is 3.17. The minimum atomic E-state index is -0.362. The third-order valence-corrected chi connectivity index (χ3v) is 7.13. The van der Waals surface area contributed by atoms with E-state index in [-0.39, 0.29) is 23.9 Å². The topological polar surface area (TPSA) is 73.6 Å². The number of thioether (sulfide) groups is 1. The van der Waals surface area contributed by atoms with E-state index in [1.165, 1.54) is 52.9 Å². The summed E-state index contributed by atoms with van der Waals surface area (Å²) in [5.41, 5.74) is 0.202. The van der Waals surface area contributed by atoms with Gasteiger partial charge in [0.05, 0.1) is 11.4 Å². The summed E-state index contributed by atoms with van der Waals surface area (Å²) < 4.78 is 6.65. The van der Waals surface area contributed by atoms with Gasteiger partial charge in [0.2, 0.25) is 4.96 Å². The van der Waals surface area contributed by atoms with Crippen molar-refractivity contribution in [2.24, 2.45) is 0 Å². The number of carbonyl (C=O) groups is 1. The molecular weight excluding hydrogens is 430 g/mol. The Kier molecular flexibility index (Phi) is 6.52. The van der Waals surface area contributed by atoms with Crippen LogP contribution in [0.1, 0.15) is 48.7 Å². The molecular formula is C20H20ClN3O3S2. The van der Waals surface area contributed by atoms with Gasteiger partial charge in [-0.05, 0) is 37.1 Å². The van der Waals surface area contributed by atoms with Gasteiger partial charge in [0, 0.05) is 21.9 Å². The third kappa shape index (κ3) is 5.18. The zero-order chi connectivity index (χ0) is 20.2. The number of aromatic nitrogens is 3. The maximum atomic E-state index is 12.4. The molecule has 0 unspecified atom stereocenters. The van der Waals surface area contributed by atoms with E-state index in [2.05, 4.69) is 10.1 Å². The molecule has 1 fully saturated rings. The molecule has 1 aliphatic rings. The highest BCUT2D eigenvalue weighted by Gasteiger charge is 2.20. The van der Waals surface area contributed by atoms with Crippen LogP contribution in [0.3, 0.4) is 0 Å². The fraction of sp³-hybridized carbons (Fsp3) is 0.400. The van der Waals surface area contributed by atoms with E-state index in [1.807, 2.05) is 12.1 Å². The van der Waals surface area contributed by atoms with Gasteiger partial charge >= 0.3 is 5.97 Å². The van der Waals surface area contributed by atoms with Crippen molar-refractivity contribution >= 4 is 45.6 Å². The normalized spacial score (nSPS) is 14.9. The Morgan fingerprint density at radius 2 is 2.00 bits per heavy atom. The monoisotopic (exact) mass is 449 g/mol. The van der Waals surface area contributed by atoms with Crippen molar-refractivity contribution in [3.8, 4) is 0 Å². The van der Waals surface area contributed by atoms with Crippen LogP contribution < -0.4 is 5.56 Å². The maximum Gasteiger partial charge on any atom is 0.316 e. The van der Waals surface area contributed by atoms with Gasteiger partial charge in [0.1, 0.15) is 11.6 Å². The molecule has 0 atom stereocenters. The highest BCUT2D eigenvalue weighted by atomic mass is 35.5. The van der Waals surface area contributed by atoms with Crippen LogP contribution in [0, 0.1) is 0 Å². The standard InChI is InChI=1S/C20H20ClN3O3S2/c21-14-6-8-16(9-7-14)28-12-18(26)27-11-15-10-17(25)24-20(22-15)29-19(23-24)13-4-2-1-3-5-13/h6-10,13H,1-5,11-12H2. The molecule has 1 aromatic carbocycles. The maximum absolute atomic E-state index is 12.4. The summed E-state index contributed by atoms with van der Waals surface area (Å²) in [6.07, 6.45) is 5.91. The number of hydrogen-bond acceptors (Lipinski definition) is 7. The van der Waals surface area contributed by atoms with Crippen molar-refractivity contribution in [2.75, 3.05) is 5.75 Å².